The van der Waals surface area contributed by atoms with Crippen molar-refractivity contribution in [1.29, 1.82) is 0 Å². The molecule has 0 spiro atoms. The van der Waals surface area contributed by atoms with Gasteiger partial charge in [-0.15, -0.1) is 0 Å². The number of imidazole rings is 1. The molecule has 4 aromatic rings. The maximum Gasteiger partial charge on any atom is 0.240 e. The SMILES string of the molecule is C[C@H](C(N)=O)n1cnc(-c2ccccc2)c1-c1cccn1-c1ccccn1. The van der Waals surface area contributed by atoms with E-state index in [1.54, 1.807) is 19.4 Å². The number of nitrogens with zero attached hydrogens (tertiary/aromatic N) is 4. The molecule has 6 nitrogen and oxygen atoms in total. The second-order valence-electron chi connectivity index (χ2n) is 6.24. The molecule has 0 aliphatic heterocycles. The van der Waals surface area contributed by atoms with Crippen LogP contribution in [0.25, 0.3) is 28.5 Å². The molecule has 1 aromatic carbocycles. The molecular formula is C21H19N5O. The number of primary amides is 1. The van der Waals surface area contributed by atoms with Crippen molar-refractivity contribution in [3.05, 3.63) is 79.4 Å². The summed E-state index contributed by atoms with van der Waals surface area (Å²) in [6.45, 7) is 1.77. The standard InChI is InChI=1S/C21H19N5O/c1-15(21(22)27)26-14-24-19(16-8-3-2-4-9-16)20(26)17-10-7-13-25(17)18-11-5-6-12-23-18/h2-15H,1H3,(H2,22,27)/t15-/m1/s1. The number of hydrogen-bond acceptors (Lipinski definition) is 3. The van der Waals surface area contributed by atoms with Crippen LogP contribution in [0, 0.1) is 0 Å². The molecule has 2 N–H and O–H groups in total. The van der Waals surface area contributed by atoms with Crippen molar-refractivity contribution < 1.29 is 4.79 Å². The minimum Gasteiger partial charge on any atom is -0.368 e. The average molecular weight is 357 g/mol. The van der Waals surface area contributed by atoms with Gasteiger partial charge in [0.25, 0.3) is 0 Å². The Kier molecular flexibility index (Phi) is 4.30. The number of hydrogen-bond donors (Lipinski definition) is 1. The van der Waals surface area contributed by atoms with Crippen LogP contribution in [0.15, 0.2) is 79.4 Å². The van der Waals surface area contributed by atoms with Gasteiger partial charge in [0.15, 0.2) is 0 Å². The molecule has 1 amide bonds. The summed E-state index contributed by atoms with van der Waals surface area (Å²) in [5.74, 6) is 0.375. The molecule has 0 aliphatic carbocycles. The van der Waals surface area contributed by atoms with Crippen LogP contribution in [0.5, 0.6) is 0 Å². The van der Waals surface area contributed by atoms with Gasteiger partial charge in [0.05, 0.1) is 23.4 Å². The van der Waals surface area contributed by atoms with E-state index >= 15 is 0 Å². The van der Waals surface area contributed by atoms with Crippen LogP contribution in [-0.4, -0.2) is 25.0 Å². The van der Waals surface area contributed by atoms with E-state index in [0.717, 1.165) is 28.5 Å². The van der Waals surface area contributed by atoms with Crippen LogP contribution in [0.4, 0.5) is 0 Å². The van der Waals surface area contributed by atoms with Crippen molar-refractivity contribution in [3.8, 4) is 28.5 Å². The predicted octanol–water partition coefficient (Wildman–Crippen LogP) is 3.45. The minimum absolute atomic E-state index is 0.413. The number of rotatable bonds is 5. The van der Waals surface area contributed by atoms with Gasteiger partial charge in [-0.25, -0.2) is 9.97 Å². The van der Waals surface area contributed by atoms with Crippen LogP contribution in [0.1, 0.15) is 13.0 Å². The molecule has 0 radical (unpaired) electrons. The molecule has 0 fully saturated rings. The van der Waals surface area contributed by atoms with Gasteiger partial charge in [-0.1, -0.05) is 36.4 Å². The van der Waals surface area contributed by atoms with E-state index in [2.05, 4.69) is 9.97 Å². The Morgan fingerprint density at radius 3 is 2.48 bits per heavy atom. The molecule has 3 heterocycles. The van der Waals surface area contributed by atoms with Crippen LogP contribution < -0.4 is 5.73 Å². The lowest BCUT2D eigenvalue weighted by Crippen LogP contribution is -2.24. The quantitative estimate of drug-likeness (QED) is 0.594. The molecule has 27 heavy (non-hydrogen) atoms. The molecule has 0 aliphatic rings. The highest BCUT2D eigenvalue weighted by Crippen LogP contribution is 2.34. The van der Waals surface area contributed by atoms with Gasteiger partial charge in [0.2, 0.25) is 5.91 Å². The van der Waals surface area contributed by atoms with E-state index in [1.807, 2.05) is 76.0 Å². The topological polar surface area (TPSA) is 78.7 Å². The molecule has 0 bridgehead atoms. The summed E-state index contributed by atoms with van der Waals surface area (Å²) < 4.78 is 3.80. The lowest BCUT2D eigenvalue weighted by atomic mass is 10.1. The first-order valence-electron chi connectivity index (χ1n) is 8.67. The summed E-state index contributed by atoms with van der Waals surface area (Å²) in [5, 5.41) is 0. The fourth-order valence-corrected chi connectivity index (χ4v) is 3.12. The first-order chi connectivity index (χ1) is 13.2. The lowest BCUT2D eigenvalue weighted by molar-refractivity contribution is -0.120. The lowest BCUT2D eigenvalue weighted by Gasteiger charge is -2.16. The first kappa shape index (κ1) is 16.8. The van der Waals surface area contributed by atoms with E-state index in [-0.39, 0.29) is 0 Å². The Morgan fingerprint density at radius 1 is 1.00 bits per heavy atom. The zero-order chi connectivity index (χ0) is 18.8. The number of amides is 1. The van der Waals surface area contributed by atoms with E-state index < -0.39 is 11.9 Å². The van der Waals surface area contributed by atoms with Gasteiger partial charge in [-0.3, -0.25) is 9.36 Å². The molecule has 0 saturated carbocycles. The Balaban J connectivity index is 1.96. The monoisotopic (exact) mass is 357 g/mol. The number of pyridine rings is 1. The molecule has 4 rings (SSSR count). The van der Waals surface area contributed by atoms with Gasteiger partial charge < -0.3 is 10.3 Å². The maximum absolute atomic E-state index is 11.9. The van der Waals surface area contributed by atoms with Crippen molar-refractivity contribution in [3.63, 3.8) is 0 Å². The average Bonchev–Trinajstić information content (AvgIpc) is 3.35. The molecule has 0 saturated heterocycles. The zero-order valence-electron chi connectivity index (χ0n) is 14.9. The molecule has 134 valence electrons. The predicted molar refractivity (Wildman–Crippen MR) is 104 cm³/mol. The molecular weight excluding hydrogens is 338 g/mol. The van der Waals surface area contributed by atoms with E-state index in [1.165, 1.54) is 0 Å². The van der Waals surface area contributed by atoms with Crippen molar-refractivity contribution in [1.82, 2.24) is 19.1 Å². The third kappa shape index (κ3) is 3.01. The van der Waals surface area contributed by atoms with Gasteiger partial charge in [0, 0.05) is 18.0 Å². The highest BCUT2D eigenvalue weighted by atomic mass is 16.1. The largest absolute Gasteiger partial charge is 0.368 e. The second kappa shape index (κ2) is 6.92. The number of carbonyl (C=O) groups is 1. The summed E-state index contributed by atoms with van der Waals surface area (Å²) in [6.07, 6.45) is 5.36. The molecule has 6 heteroatoms. The Morgan fingerprint density at radius 2 is 1.78 bits per heavy atom. The van der Waals surface area contributed by atoms with Gasteiger partial charge in [-0.2, -0.15) is 0 Å². The van der Waals surface area contributed by atoms with Crippen LogP contribution >= 0.6 is 0 Å². The van der Waals surface area contributed by atoms with Crippen LogP contribution in [0.3, 0.4) is 0 Å². The van der Waals surface area contributed by atoms with Crippen LogP contribution in [-0.2, 0) is 4.79 Å². The van der Waals surface area contributed by atoms with Gasteiger partial charge >= 0.3 is 0 Å². The smallest absolute Gasteiger partial charge is 0.240 e. The third-order valence-electron chi connectivity index (χ3n) is 4.56. The van der Waals surface area contributed by atoms with Crippen molar-refractivity contribution >= 4 is 5.91 Å². The fraction of sp³-hybridized carbons (Fsp3) is 0.0952. The minimum atomic E-state index is -0.531. The summed E-state index contributed by atoms with van der Waals surface area (Å²) in [4.78, 5) is 20.9. The zero-order valence-corrected chi connectivity index (χ0v) is 14.9. The Bertz CT molecular complexity index is 1070. The Hall–Kier alpha value is -3.67. The number of benzene rings is 1. The van der Waals surface area contributed by atoms with Crippen molar-refractivity contribution in [2.45, 2.75) is 13.0 Å². The Labute approximate surface area is 156 Å². The second-order valence-corrected chi connectivity index (χ2v) is 6.24. The highest BCUT2D eigenvalue weighted by Gasteiger charge is 2.23. The maximum atomic E-state index is 11.9. The first-order valence-corrected chi connectivity index (χ1v) is 8.67. The highest BCUT2D eigenvalue weighted by molar-refractivity contribution is 5.82. The van der Waals surface area contributed by atoms with Crippen molar-refractivity contribution in [2.24, 2.45) is 5.73 Å². The summed E-state index contributed by atoms with van der Waals surface area (Å²) in [6, 6.07) is 19.0. The summed E-state index contributed by atoms with van der Waals surface area (Å²) in [5.41, 5.74) is 9.05. The fourth-order valence-electron chi connectivity index (χ4n) is 3.12. The van der Waals surface area contributed by atoms with E-state index in [0.29, 0.717) is 0 Å². The molecule has 0 unspecified atom stereocenters. The van der Waals surface area contributed by atoms with Crippen LogP contribution in [0.2, 0.25) is 0 Å². The number of nitrogens with two attached hydrogens (primary N) is 1. The molecule has 1 atom stereocenters. The summed E-state index contributed by atoms with van der Waals surface area (Å²) >= 11 is 0. The van der Waals surface area contributed by atoms with Gasteiger partial charge in [-0.05, 0) is 31.2 Å². The number of aromatic nitrogens is 4. The summed E-state index contributed by atoms with van der Waals surface area (Å²) in [7, 11) is 0. The van der Waals surface area contributed by atoms with E-state index in [4.69, 9.17) is 5.73 Å². The van der Waals surface area contributed by atoms with Crippen molar-refractivity contribution in [2.75, 3.05) is 0 Å². The normalized spacial score (nSPS) is 12.0. The van der Waals surface area contributed by atoms with E-state index in [9.17, 15) is 4.79 Å². The molecule has 3 aromatic heterocycles. The number of carbonyl (C=O) groups excluding carboxylic acids is 1. The van der Waals surface area contributed by atoms with Gasteiger partial charge in [0.1, 0.15) is 11.9 Å². The third-order valence-corrected chi connectivity index (χ3v) is 4.56.